The molecule has 0 unspecified atom stereocenters. The van der Waals surface area contributed by atoms with Crippen molar-refractivity contribution in [1.29, 1.82) is 0 Å². The van der Waals surface area contributed by atoms with Crippen molar-refractivity contribution in [3.8, 4) is 0 Å². The predicted molar refractivity (Wildman–Crippen MR) is 64.6 cm³/mol. The van der Waals surface area contributed by atoms with Gasteiger partial charge in [0.05, 0.1) is 0 Å². The molecule has 0 aromatic heterocycles. The van der Waals surface area contributed by atoms with E-state index in [1.54, 1.807) is 5.56 Å². The molecule has 80 valence electrons. The van der Waals surface area contributed by atoms with Crippen LogP contribution in [-0.2, 0) is 0 Å². The van der Waals surface area contributed by atoms with Crippen molar-refractivity contribution in [3.63, 3.8) is 0 Å². The Labute approximate surface area is 92.1 Å². The van der Waals surface area contributed by atoms with Gasteiger partial charge in [0.2, 0.25) is 0 Å². The van der Waals surface area contributed by atoms with Crippen molar-refractivity contribution >= 4 is 5.69 Å². The second-order valence-electron chi connectivity index (χ2n) is 5.03. The normalized spacial score (nSPS) is 21.0. The van der Waals surface area contributed by atoms with E-state index in [4.69, 9.17) is 0 Å². The Morgan fingerprint density at radius 1 is 1.13 bits per heavy atom. The topological polar surface area (TPSA) is 3.24 Å². The number of rotatable bonds is 2. The van der Waals surface area contributed by atoms with Crippen LogP contribution in [0.15, 0.2) is 18.2 Å². The molecule has 1 aromatic carbocycles. The molecule has 0 bridgehead atoms. The number of hydrogen-bond donors (Lipinski definition) is 0. The van der Waals surface area contributed by atoms with Crippen molar-refractivity contribution in [3.05, 3.63) is 29.3 Å². The average molecular weight is 201 g/mol. The van der Waals surface area contributed by atoms with Gasteiger partial charge in [0.15, 0.2) is 0 Å². The molecule has 1 aliphatic heterocycles. The second-order valence-corrected chi connectivity index (χ2v) is 5.03. The number of benzene rings is 1. The molecule has 3 rings (SSSR count). The van der Waals surface area contributed by atoms with Gasteiger partial charge in [-0.15, -0.1) is 0 Å². The molecule has 0 atom stereocenters. The fraction of sp³-hybridized carbons (Fsp3) is 0.571. The first-order chi connectivity index (χ1) is 7.34. The first kappa shape index (κ1) is 9.26. The minimum Gasteiger partial charge on any atom is -0.371 e. The lowest BCUT2D eigenvalue weighted by Crippen LogP contribution is -2.19. The molecule has 1 nitrogen and oxygen atoms in total. The van der Waals surface area contributed by atoms with Crippen LogP contribution in [-0.4, -0.2) is 13.1 Å². The minimum absolute atomic E-state index is 0.876. The van der Waals surface area contributed by atoms with Crippen molar-refractivity contribution < 1.29 is 0 Å². The lowest BCUT2D eigenvalue weighted by Gasteiger charge is -2.22. The van der Waals surface area contributed by atoms with Gasteiger partial charge in [-0.05, 0) is 55.7 Å². The molecule has 2 aliphatic rings. The van der Waals surface area contributed by atoms with Crippen LogP contribution in [0.4, 0.5) is 5.69 Å². The highest BCUT2D eigenvalue weighted by atomic mass is 15.1. The molecule has 1 heteroatoms. The zero-order valence-electron chi connectivity index (χ0n) is 9.50. The van der Waals surface area contributed by atoms with E-state index < -0.39 is 0 Å². The maximum absolute atomic E-state index is 2.58. The Morgan fingerprint density at radius 3 is 2.53 bits per heavy atom. The summed E-state index contributed by atoms with van der Waals surface area (Å²) in [6, 6.07) is 7.02. The molecule has 0 spiro atoms. The Morgan fingerprint density at radius 2 is 1.87 bits per heavy atom. The lowest BCUT2D eigenvalue weighted by atomic mass is 10.0. The van der Waals surface area contributed by atoms with E-state index in [1.165, 1.54) is 50.0 Å². The summed E-state index contributed by atoms with van der Waals surface area (Å²) < 4.78 is 0. The van der Waals surface area contributed by atoms with Crippen molar-refractivity contribution in [2.24, 2.45) is 0 Å². The molecule has 0 amide bonds. The average Bonchev–Trinajstić information content (AvgIpc) is 2.94. The summed E-state index contributed by atoms with van der Waals surface area (Å²) in [5.74, 6) is 0.876. The highest BCUT2D eigenvalue weighted by Gasteiger charge is 2.28. The van der Waals surface area contributed by atoms with E-state index in [1.807, 2.05) is 0 Å². The van der Waals surface area contributed by atoms with Crippen LogP contribution >= 0.6 is 0 Å². The van der Waals surface area contributed by atoms with Crippen LogP contribution in [0.5, 0.6) is 0 Å². The van der Waals surface area contributed by atoms with Crippen molar-refractivity contribution in [2.75, 3.05) is 18.0 Å². The third kappa shape index (κ3) is 1.75. The van der Waals surface area contributed by atoms with Crippen LogP contribution in [0.25, 0.3) is 0 Å². The van der Waals surface area contributed by atoms with Gasteiger partial charge in [-0.2, -0.15) is 0 Å². The van der Waals surface area contributed by atoms with E-state index in [0.29, 0.717) is 0 Å². The van der Waals surface area contributed by atoms with Crippen molar-refractivity contribution in [2.45, 2.75) is 38.5 Å². The summed E-state index contributed by atoms with van der Waals surface area (Å²) >= 11 is 0. The summed E-state index contributed by atoms with van der Waals surface area (Å²) in [7, 11) is 0. The quantitative estimate of drug-likeness (QED) is 0.708. The molecule has 15 heavy (non-hydrogen) atoms. The van der Waals surface area contributed by atoms with Crippen LogP contribution in [0.1, 0.15) is 42.7 Å². The van der Waals surface area contributed by atoms with Crippen LogP contribution in [0, 0.1) is 6.92 Å². The third-order valence-electron chi connectivity index (χ3n) is 3.65. The summed E-state index contributed by atoms with van der Waals surface area (Å²) in [6.45, 7) is 4.74. The van der Waals surface area contributed by atoms with Gasteiger partial charge < -0.3 is 4.90 Å². The van der Waals surface area contributed by atoms with Gasteiger partial charge in [0, 0.05) is 18.8 Å². The van der Waals surface area contributed by atoms with Crippen LogP contribution in [0.2, 0.25) is 0 Å². The molecule has 1 heterocycles. The molecule has 0 N–H and O–H groups in total. The summed E-state index contributed by atoms with van der Waals surface area (Å²) in [5.41, 5.74) is 4.55. The molecule has 1 aromatic rings. The first-order valence-corrected chi connectivity index (χ1v) is 6.20. The van der Waals surface area contributed by atoms with Crippen LogP contribution in [0.3, 0.4) is 0 Å². The fourth-order valence-electron chi connectivity index (χ4n) is 2.63. The smallest absolute Gasteiger partial charge is 0.0404 e. The largest absolute Gasteiger partial charge is 0.371 e. The number of aryl methyl sites for hydroxylation is 1. The Kier molecular flexibility index (Phi) is 2.19. The number of nitrogens with zero attached hydrogens (tertiary/aromatic N) is 1. The fourth-order valence-corrected chi connectivity index (χ4v) is 2.63. The van der Waals surface area contributed by atoms with E-state index in [0.717, 1.165) is 5.92 Å². The Balaban J connectivity index is 1.98. The summed E-state index contributed by atoms with van der Waals surface area (Å²) in [5, 5.41) is 0. The number of hydrogen-bond acceptors (Lipinski definition) is 1. The maximum atomic E-state index is 2.58. The molecule has 0 radical (unpaired) electrons. The zero-order chi connectivity index (χ0) is 10.3. The van der Waals surface area contributed by atoms with Crippen molar-refractivity contribution in [1.82, 2.24) is 0 Å². The summed E-state index contributed by atoms with van der Waals surface area (Å²) in [6.07, 6.45) is 5.56. The summed E-state index contributed by atoms with van der Waals surface area (Å²) in [4.78, 5) is 2.58. The molecule has 1 aliphatic carbocycles. The van der Waals surface area contributed by atoms with Gasteiger partial charge in [-0.1, -0.05) is 12.1 Å². The second kappa shape index (κ2) is 3.55. The van der Waals surface area contributed by atoms with Gasteiger partial charge in [-0.3, -0.25) is 0 Å². The molecular formula is C14H19N. The third-order valence-corrected chi connectivity index (χ3v) is 3.65. The Bertz CT molecular complexity index is 360. The molecule has 2 fully saturated rings. The van der Waals surface area contributed by atoms with E-state index in [2.05, 4.69) is 30.0 Å². The van der Waals surface area contributed by atoms with Crippen LogP contribution < -0.4 is 4.90 Å². The maximum Gasteiger partial charge on any atom is 0.0404 e. The minimum atomic E-state index is 0.876. The zero-order valence-corrected chi connectivity index (χ0v) is 9.50. The number of anilines is 1. The highest BCUT2D eigenvalue weighted by molar-refractivity contribution is 5.58. The molecular weight excluding hydrogens is 182 g/mol. The Hall–Kier alpha value is -0.980. The van der Waals surface area contributed by atoms with Gasteiger partial charge in [0.25, 0.3) is 0 Å². The SMILES string of the molecule is Cc1ccc(C2CC2)c(N2CCCC2)c1. The standard InChI is InChI=1S/C14H19N/c1-11-4-7-13(12-5-6-12)14(10-11)15-8-2-3-9-15/h4,7,10,12H,2-3,5-6,8-9H2,1H3. The lowest BCUT2D eigenvalue weighted by molar-refractivity contribution is 0.944. The van der Waals surface area contributed by atoms with E-state index in [9.17, 15) is 0 Å². The van der Waals surface area contributed by atoms with E-state index in [-0.39, 0.29) is 0 Å². The predicted octanol–water partition coefficient (Wildman–Crippen LogP) is 3.47. The van der Waals surface area contributed by atoms with E-state index >= 15 is 0 Å². The first-order valence-electron chi connectivity index (χ1n) is 6.20. The van der Waals surface area contributed by atoms with Gasteiger partial charge in [-0.25, -0.2) is 0 Å². The van der Waals surface area contributed by atoms with Gasteiger partial charge in [0.1, 0.15) is 0 Å². The molecule has 1 saturated heterocycles. The molecule has 1 saturated carbocycles. The monoisotopic (exact) mass is 201 g/mol. The highest BCUT2D eigenvalue weighted by Crippen LogP contribution is 2.45. The van der Waals surface area contributed by atoms with Gasteiger partial charge >= 0.3 is 0 Å².